The minimum absolute atomic E-state index is 0.123. The Labute approximate surface area is 124 Å². The van der Waals surface area contributed by atoms with Crippen molar-refractivity contribution in [2.24, 2.45) is 0 Å². The summed E-state index contributed by atoms with van der Waals surface area (Å²) in [7, 11) is 0. The SMILES string of the molecule is CCCCCCCCCCC=Cc1ccccc1CO. The van der Waals surface area contributed by atoms with Gasteiger partial charge in [0.05, 0.1) is 6.61 Å². The Morgan fingerprint density at radius 1 is 0.900 bits per heavy atom. The van der Waals surface area contributed by atoms with Crippen LogP contribution in [-0.2, 0) is 6.61 Å². The van der Waals surface area contributed by atoms with E-state index in [4.69, 9.17) is 0 Å². The first-order valence-corrected chi connectivity index (χ1v) is 8.23. The van der Waals surface area contributed by atoms with Crippen molar-refractivity contribution in [2.75, 3.05) is 0 Å². The van der Waals surface area contributed by atoms with Crippen LogP contribution in [0.3, 0.4) is 0 Å². The summed E-state index contributed by atoms with van der Waals surface area (Å²) in [5.41, 5.74) is 2.16. The van der Waals surface area contributed by atoms with Crippen LogP contribution in [0.15, 0.2) is 30.3 Å². The van der Waals surface area contributed by atoms with Gasteiger partial charge in [0.2, 0.25) is 0 Å². The van der Waals surface area contributed by atoms with Gasteiger partial charge in [-0.15, -0.1) is 0 Å². The molecule has 0 atom stereocenters. The van der Waals surface area contributed by atoms with E-state index in [9.17, 15) is 5.11 Å². The Kier molecular flexibility index (Phi) is 9.95. The molecule has 0 aliphatic rings. The lowest BCUT2D eigenvalue weighted by atomic mass is 10.1. The van der Waals surface area contributed by atoms with E-state index in [0.29, 0.717) is 0 Å². The summed E-state index contributed by atoms with van der Waals surface area (Å²) in [6, 6.07) is 8.04. The summed E-state index contributed by atoms with van der Waals surface area (Å²) < 4.78 is 0. The molecule has 0 aliphatic heterocycles. The molecule has 1 aromatic rings. The van der Waals surface area contributed by atoms with Crippen LogP contribution in [0, 0.1) is 0 Å². The predicted molar refractivity (Wildman–Crippen MR) is 88.6 cm³/mol. The summed E-state index contributed by atoms with van der Waals surface area (Å²) in [4.78, 5) is 0. The lowest BCUT2D eigenvalue weighted by Gasteiger charge is -2.02. The van der Waals surface area contributed by atoms with E-state index in [2.05, 4.69) is 25.1 Å². The molecule has 0 spiro atoms. The molecular weight excluding hydrogens is 244 g/mol. The zero-order valence-electron chi connectivity index (χ0n) is 13.0. The molecule has 0 fully saturated rings. The minimum atomic E-state index is 0.123. The van der Waals surface area contributed by atoms with E-state index < -0.39 is 0 Å². The van der Waals surface area contributed by atoms with E-state index in [0.717, 1.165) is 17.5 Å². The van der Waals surface area contributed by atoms with Gasteiger partial charge in [-0.2, -0.15) is 0 Å². The van der Waals surface area contributed by atoms with Crippen LogP contribution in [0.5, 0.6) is 0 Å². The Balaban J connectivity index is 2.07. The molecule has 1 heteroatoms. The van der Waals surface area contributed by atoms with Crippen LogP contribution in [0.25, 0.3) is 6.08 Å². The molecule has 1 nitrogen and oxygen atoms in total. The van der Waals surface area contributed by atoms with Crippen LogP contribution in [0.2, 0.25) is 0 Å². The standard InChI is InChI=1S/C19H30O/c1-2-3-4-5-6-7-8-9-10-11-14-18-15-12-13-16-19(18)17-20/h11-16,20H,2-10,17H2,1H3. The second-order valence-electron chi connectivity index (χ2n) is 5.52. The van der Waals surface area contributed by atoms with Gasteiger partial charge >= 0.3 is 0 Å². The fourth-order valence-electron chi connectivity index (χ4n) is 2.45. The van der Waals surface area contributed by atoms with Gasteiger partial charge < -0.3 is 5.11 Å². The van der Waals surface area contributed by atoms with Gasteiger partial charge in [-0.1, -0.05) is 88.3 Å². The highest BCUT2D eigenvalue weighted by molar-refractivity contribution is 5.53. The second-order valence-corrected chi connectivity index (χ2v) is 5.52. The van der Waals surface area contributed by atoms with E-state index in [1.807, 2.05) is 18.2 Å². The average Bonchev–Trinajstić information content (AvgIpc) is 2.49. The predicted octanol–water partition coefficient (Wildman–Crippen LogP) is 5.72. The third kappa shape index (κ3) is 7.49. The highest BCUT2D eigenvalue weighted by Gasteiger charge is 1.95. The van der Waals surface area contributed by atoms with Crippen molar-refractivity contribution < 1.29 is 5.11 Å². The smallest absolute Gasteiger partial charge is 0.0687 e. The van der Waals surface area contributed by atoms with Gasteiger partial charge in [0, 0.05) is 0 Å². The van der Waals surface area contributed by atoms with Crippen LogP contribution in [-0.4, -0.2) is 5.11 Å². The van der Waals surface area contributed by atoms with Crippen molar-refractivity contribution in [1.82, 2.24) is 0 Å². The summed E-state index contributed by atoms with van der Waals surface area (Å²) in [6.45, 7) is 2.39. The van der Waals surface area contributed by atoms with E-state index in [-0.39, 0.29) is 6.61 Å². The summed E-state index contributed by atoms with van der Waals surface area (Å²) in [6.07, 6.45) is 16.5. The van der Waals surface area contributed by atoms with Gasteiger partial charge in [0.15, 0.2) is 0 Å². The van der Waals surface area contributed by atoms with Crippen molar-refractivity contribution in [2.45, 2.75) is 71.3 Å². The Morgan fingerprint density at radius 3 is 2.25 bits per heavy atom. The molecule has 0 aliphatic carbocycles. The van der Waals surface area contributed by atoms with Crippen LogP contribution < -0.4 is 0 Å². The third-order valence-electron chi connectivity index (χ3n) is 3.75. The quantitative estimate of drug-likeness (QED) is 0.511. The third-order valence-corrected chi connectivity index (χ3v) is 3.75. The molecule has 0 unspecified atom stereocenters. The number of benzene rings is 1. The first-order valence-electron chi connectivity index (χ1n) is 8.23. The molecule has 1 N–H and O–H groups in total. The van der Waals surface area contributed by atoms with Crippen LogP contribution in [0.4, 0.5) is 0 Å². The normalized spacial score (nSPS) is 11.3. The molecule has 0 heterocycles. The number of unbranched alkanes of at least 4 members (excludes halogenated alkanes) is 8. The maximum atomic E-state index is 9.25. The maximum Gasteiger partial charge on any atom is 0.0687 e. The largest absolute Gasteiger partial charge is 0.392 e. The Morgan fingerprint density at radius 2 is 1.55 bits per heavy atom. The molecule has 20 heavy (non-hydrogen) atoms. The van der Waals surface area contributed by atoms with Crippen molar-refractivity contribution in [3.63, 3.8) is 0 Å². The van der Waals surface area contributed by atoms with Crippen molar-refractivity contribution >= 4 is 6.08 Å². The first-order chi connectivity index (χ1) is 9.88. The molecule has 0 saturated heterocycles. The molecule has 0 aromatic heterocycles. The zero-order chi connectivity index (χ0) is 14.5. The van der Waals surface area contributed by atoms with Gasteiger partial charge in [-0.05, 0) is 24.0 Å². The van der Waals surface area contributed by atoms with Crippen LogP contribution in [0.1, 0.15) is 75.8 Å². The summed E-state index contributed by atoms with van der Waals surface area (Å²) >= 11 is 0. The Bertz CT molecular complexity index is 368. The molecule has 0 bridgehead atoms. The van der Waals surface area contributed by atoms with Gasteiger partial charge in [-0.3, -0.25) is 0 Å². The highest BCUT2D eigenvalue weighted by Crippen LogP contribution is 2.13. The first kappa shape index (κ1) is 17.0. The fraction of sp³-hybridized carbons (Fsp3) is 0.579. The van der Waals surface area contributed by atoms with Crippen molar-refractivity contribution in [3.05, 3.63) is 41.5 Å². The van der Waals surface area contributed by atoms with E-state index in [1.165, 1.54) is 51.4 Å². The number of aliphatic hydroxyl groups excluding tert-OH is 1. The molecule has 0 saturated carbocycles. The van der Waals surface area contributed by atoms with Gasteiger partial charge in [-0.25, -0.2) is 0 Å². The van der Waals surface area contributed by atoms with E-state index >= 15 is 0 Å². The molecular formula is C19H30O. The fourth-order valence-corrected chi connectivity index (χ4v) is 2.45. The molecule has 1 rings (SSSR count). The number of hydrogen-bond donors (Lipinski definition) is 1. The van der Waals surface area contributed by atoms with Crippen molar-refractivity contribution in [3.8, 4) is 0 Å². The number of hydrogen-bond acceptors (Lipinski definition) is 1. The minimum Gasteiger partial charge on any atom is -0.392 e. The average molecular weight is 274 g/mol. The maximum absolute atomic E-state index is 9.25. The van der Waals surface area contributed by atoms with Gasteiger partial charge in [0.1, 0.15) is 0 Å². The summed E-state index contributed by atoms with van der Waals surface area (Å²) in [5.74, 6) is 0. The lowest BCUT2D eigenvalue weighted by molar-refractivity contribution is 0.281. The van der Waals surface area contributed by atoms with E-state index in [1.54, 1.807) is 0 Å². The molecule has 1 aromatic carbocycles. The number of allylic oxidation sites excluding steroid dienone is 1. The lowest BCUT2D eigenvalue weighted by Crippen LogP contribution is -1.86. The number of rotatable bonds is 11. The highest BCUT2D eigenvalue weighted by atomic mass is 16.3. The number of aliphatic hydroxyl groups is 1. The van der Waals surface area contributed by atoms with Gasteiger partial charge in [0.25, 0.3) is 0 Å². The van der Waals surface area contributed by atoms with Crippen LogP contribution >= 0.6 is 0 Å². The molecule has 112 valence electrons. The van der Waals surface area contributed by atoms with Crippen molar-refractivity contribution in [1.29, 1.82) is 0 Å². The molecule has 0 amide bonds. The Hall–Kier alpha value is -1.08. The second kappa shape index (κ2) is 11.7. The summed E-state index contributed by atoms with van der Waals surface area (Å²) in [5, 5.41) is 9.25. The topological polar surface area (TPSA) is 20.2 Å². The zero-order valence-corrected chi connectivity index (χ0v) is 13.0. The molecule has 0 radical (unpaired) electrons. The monoisotopic (exact) mass is 274 g/mol.